The molecule has 0 heterocycles. The number of carboxylic acids is 1. The summed E-state index contributed by atoms with van der Waals surface area (Å²) < 4.78 is 12.0. The quantitative estimate of drug-likeness (QED) is 0.668. The highest BCUT2D eigenvalue weighted by Gasteiger charge is 2.22. The van der Waals surface area contributed by atoms with Crippen LogP contribution in [0.2, 0.25) is 0 Å². The summed E-state index contributed by atoms with van der Waals surface area (Å²) >= 11 is 0. The van der Waals surface area contributed by atoms with E-state index >= 15 is 0 Å². The van der Waals surface area contributed by atoms with Crippen LogP contribution in [0.3, 0.4) is 0 Å². The van der Waals surface area contributed by atoms with Crippen LogP contribution in [0.25, 0.3) is 0 Å². The summed E-state index contributed by atoms with van der Waals surface area (Å²) in [6.45, 7) is -0.442. The number of carboxylic acid groups (broad SMARTS) is 1. The number of halogens is 1. The van der Waals surface area contributed by atoms with Crippen molar-refractivity contribution in [3.05, 3.63) is 0 Å². The van der Waals surface area contributed by atoms with E-state index in [-0.39, 0.29) is 5.91 Å². The Bertz CT molecular complexity index is 290. The zero-order valence-corrected chi connectivity index (χ0v) is 11.4. The smallest absolute Gasteiger partial charge is 0.326 e. The van der Waals surface area contributed by atoms with Gasteiger partial charge in [0.05, 0.1) is 6.67 Å². The summed E-state index contributed by atoms with van der Waals surface area (Å²) in [5.74, 6) is -0.815. The van der Waals surface area contributed by atoms with Crippen LogP contribution in [-0.2, 0) is 9.59 Å². The van der Waals surface area contributed by atoms with Gasteiger partial charge in [-0.25, -0.2) is 4.79 Å². The minimum atomic E-state index is -1.03. The lowest BCUT2D eigenvalue weighted by Gasteiger charge is -2.22. The van der Waals surface area contributed by atoms with Gasteiger partial charge in [-0.1, -0.05) is 19.3 Å². The third-order valence-electron chi connectivity index (χ3n) is 3.71. The Morgan fingerprint density at radius 3 is 2.47 bits per heavy atom. The van der Waals surface area contributed by atoms with Crippen molar-refractivity contribution in [2.75, 3.05) is 6.67 Å². The fraction of sp³-hybridized carbons (Fsp3) is 0.857. The predicted octanol–water partition coefficient (Wildman–Crippen LogP) is 2.67. The third-order valence-corrected chi connectivity index (χ3v) is 3.71. The monoisotopic (exact) mass is 273 g/mol. The molecular formula is C14H24FNO3. The number of rotatable bonds is 8. The van der Waals surface area contributed by atoms with Gasteiger partial charge >= 0.3 is 5.97 Å². The number of alkyl halides is 1. The van der Waals surface area contributed by atoms with Gasteiger partial charge in [0, 0.05) is 6.42 Å². The standard InChI is InChI=1S/C14H24FNO3/c15-9-5-4-8-12(14(18)19)16-13(17)10-11-6-2-1-3-7-11/h11-12H,1-10H2,(H,16,17)(H,18,19)/t12-/m0/s1. The number of carbonyl (C=O) groups is 2. The van der Waals surface area contributed by atoms with Crippen LogP contribution in [0.15, 0.2) is 0 Å². The topological polar surface area (TPSA) is 66.4 Å². The van der Waals surface area contributed by atoms with Crippen LogP contribution in [0.4, 0.5) is 4.39 Å². The summed E-state index contributed by atoms with van der Waals surface area (Å²) in [4.78, 5) is 22.8. The summed E-state index contributed by atoms with van der Waals surface area (Å²) in [5, 5.41) is 11.6. The maximum absolute atomic E-state index is 12.0. The van der Waals surface area contributed by atoms with E-state index in [9.17, 15) is 14.0 Å². The van der Waals surface area contributed by atoms with E-state index < -0.39 is 18.7 Å². The number of amides is 1. The first-order valence-corrected chi connectivity index (χ1v) is 7.21. The second-order valence-corrected chi connectivity index (χ2v) is 5.35. The summed E-state index contributed by atoms with van der Waals surface area (Å²) in [6, 6.07) is -0.873. The van der Waals surface area contributed by atoms with Gasteiger partial charge in [0.15, 0.2) is 0 Å². The predicted molar refractivity (Wildman–Crippen MR) is 70.6 cm³/mol. The zero-order chi connectivity index (χ0) is 14.1. The van der Waals surface area contributed by atoms with E-state index in [2.05, 4.69) is 5.32 Å². The molecule has 1 fully saturated rings. The van der Waals surface area contributed by atoms with Crippen LogP contribution in [0.5, 0.6) is 0 Å². The van der Waals surface area contributed by atoms with Gasteiger partial charge in [-0.05, 0) is 38.0 Å². The molecule has 1 rings (SSSR count). The van der Waals surface area contributed by atoms with E-state index in [1.165, 1.54) is 6.42 Å². The Labute approximate surface area is 113 Å². The molecule has 0 aromatic heterocycles. The molecule has 1 amide bonds. The van der Waals surface area contributed by atoms with Gasteiger partial charge in [0.1, 0.15) is 6.04 Å². The molecular weight excluding hydrogens is 249 g/mol. The van der Waals surface area contributed by atoms with Gasteiger partial charge in [-0.3, -0.25) is 9.18 Å². The molecule has 0 aromatic rings. The van der Waals surface area contributed by atoms with Crippen LogP contribution < -0.4 is 5.32 Å². The molecule has 110 valence electrons. The number of nitrogens with one attached hydrogen (secondary N) is 1. The van der Waals surface area contributed by atoms with Gasteiger partial charge in [-0.15, -0.1) is 0 Å². The minimum Gasteiger partial charge on any atom is -0.480 e. The van der Waals surface area contributed by atoms with E-state index in [0.29, 0.717) is 31.6 Å². The van der Waals surface area contributed by atoms with Gasteiger partial charge in [0.25, 0.3) is 0 Å². The molecule has 2 N–H and O–H groups in total. The Kier molecular flexibility index (Phi) is 7.45. The maximum Gasteiger partial charge on any atom is 0.326 e. The van der Waals surface area contributed by atoms with Crippen LogP contribution in [0.1, 0.15) is 57.8 Å². The summed E-state index contributed by atoms with van der Waals surface area (Å²) in [5.41, 5.74) is 0. The first-order chi connectivity index (χ1) is 9.13. The SMILES string of the molecule is O=C(CC1CCCCC1)N[C@@H](CCCCF)C(=O)O. The van der Waals surface area contributed by atoms with E-state index in [0.717, 1.165) is 25.7 Å². The van der Waals surface area contributed by atoms with E-state index in [1.807, 2.05) is 0 Å². The zero-order valence-electron chi connectivity index (χ0n) is 11.4. The molecule has 1 aliphatic carbocycles. The van der Waals surface area contributed by atoms with Crippen molar-refractivity contribution >= 4 is 11.9 Å². The Morgan fingerprint density at radius 2 is 1.89 bits per heavy atom. The molecule has 5 heteroatoms. The van der Waals surface area contributed by atoms with Crippen LogP contribution in [-0.4, -0.2) is 29.7 Å². The van der Waals surface area contributed by atoms with Gasteiger partial charge in [-0.2, -0.15) is 0 Å². The van der Waals surface area contributed by atoms with E-state index in [4.69, 9.17) is 5.11 Å². The molecule has 1 saturated carbocycles. The lowest BCUT2D eigenvalue weighted by molar-refractivity contribution is -0.142. The fourth-order valence-corrected chi connectivity index (χ4v) is 2.61. The molecule has 0 aliphatic heterocycles. The van der Waals surface area contributed by atoms with Crippen molar-refractivity contribution in [3.8, 4) is 0 Å². The molecule has 0 unspecified atom stereocenters. The van der Waals surface area contributed by atoms with Gasteiger partial charge in [0.2, 0.25) is 5.91 Å². The Morgan fingerprint density at radius 1 is 1.21 bits per heavy atom. The summed E-state index contributed by atoms with van der Waals surface area (Å²) in [6.07, 6.45) is 7.24. The average molecular weight is 273 g/mol. The first kappa shape index (κ1) is 15.9. The maximum atomic E-state index is 12.0. The largest absolute Gasteiger partial charge is 0.480 e. The van der Waals surface area contributed by atoms with Crippen LogP contribution in [0, 0.1) is 5.92 Å². The van der Waals surface area contributed by atoms with Crippen molar-refractivity contribution in [3.63, 3.8) is 0 Å². The summed E-state index contributed by atoms with van der Waals surface area (Å²) in [7, 11) is 0. The number of unbranched alkanes of at least 4 members (excludes halogenated alkanes) is 1. The van der Waals surface area contributed by atoms with E-state index in [1.54, 1.807) is 0 Å². The van der Waals surface area contributed by atoms with Crippen molar-refractivity contribution in [2.45, 2.75) is 63.8 Å². The number of aliphatic carboxylic acids is 1. The Balaban J connectivity index is 2.31. The number of hydrogen-bond acceptors (Lipinski definition) is 2. The van der Waals surface area contributed by atoms with Crippen molar-refractivity contribution in [1.29, 1.82) is 0 Å². The number of carbonyl (C=O) groups excluding carboxylic acids is 1. The molecule has 0 radical (unpaired) electrons. The van der Waals surface area contributed by atoms with Crippen molar-refractivity contribution < 1.29 is 19.1 Å². The second kappa shape index (κ2) is 8.88. The average Bonchev–Trinajstić information content (AvgIpc) is 2.38. The number of hydrogen-bond donors (Lipinski definition) is 2. The van der Waals surface area contributed by atoms with Gasteiger partial charge < -0.3 is 10.4 Å². The normalized spacial score (nSPS) is 17.9. The molecule has 1 atom stereocenters. The van der Waals surface area contributed by atoms with Crippen molar-refractivity contribution in [1.82, 2.24) is 5.32 Å². The van der Waals surface area contributed by atoms with Crippen molar-refractivity contribution in [2.24, 2.45) is 5.92 Å². The molecule has 0 spiro atoms. The minimum absolute atomic E-state index is 0.181. The highest BCUT2D eigenvalue weighted by Crippen LogP contribution is 2.26. The molecule has 0 saturated heterocycles. The molecule has 1 aliphatic rings. The lowest BCUT2D eigenvalue weighted by Crippen LogP contribution is -2.41. The molecule has 19 heavy (non-hydrogen) atoms. The Hall–Kier alpha value is -1.13. The fourth-order valence-electron chi connectivity index (χ4n) is 2.61. The van der Waals surface area contributed by atoms with Crippen LogP contribution >= 0.6 is 0 Å². The molecule has 4 nitrogen and oxygen atoms in total. The molecule has 0 aromatic carbocycles. The molecule has 0 bridgehead atoms. The third kappa shape index (κ3) is 6.55. The second-order valence-electron chi connectivity index (χ2n) is 5.35. The highest BCUT2D eigenvalue weighted by atomic mass is 19.1. The highest BCUT2D eigenvalue weighted by molar-refractivity contribution is 5.83. The first-order valence-electron chi connectivity index (χ1n) is 7.21. The lowest BCUT2D eigenvalue weighted by atomic mass is 9.87.